The molecule has 1 amide bonds. The maximum atomic E-state index is 12.6. The lowest BCUT2D eigenvalue weighted by Gasteiger charge is -2.08. The van der Waals surface area contributed by atoms with Crippen molar-refractivity contribution in [3.8, 4) is 17.2 Å². The third-order valence-corrected chi connectivity index (χ3v) is 4.83. The molecule has 0 saturated carbocycles. The quantitative estimate of drug-likeness (QED) is 0.481. The second-order valence-corrected chi connectivity index (χ2v) is 6.90. The molecule has 2 heterocycles. The Morgan fingerprint density at radius 3 is 2.63 bits per heavy atom. The molecular formula is C23H24N4O3. The topological polar surface area (TPSA) is 82.2 Å². The molecule has 1 N–H and O–H groups in total. The molecule has 4 aromatic rings. The van der Waals surface area contributed by atoms with Crippen molar-refractivity contribution in [2.24, 2.45) is 0 Å². The van der Waals surface area contributed by atoms with E-state index in [0.717, 1.165) is 27.8 Å². The molecule has 0 atom stereocenters. The Balaban J connectivity index is 1.48. The van der Waals surface area contributed by atoms with Gasteiger partial charge in [-0.25, -0.2) is 0 Å². The van der Waals surface area contributed by atoms with Gasteiger partial charge in [0.25, 0.3) is 0 Å². The van der Waals surface area contributed by atoms with Crippen LogP contribution >= 0.6 is 0 Å². The predicted octanol–water partition coefficient (Wildman–Crippen LogP) is 3.97. The Morgan fingerprint density at radius 2 is 1.90 bits per heavy atom. The highest BCUT2D eigenvalue weighted by molar-refractivity contribution is 5.94. The van der Waals surface area contributed by atoms with E-state index in [9.17, 15) is 4.79 Å². The molecule has 0 aliphatic heterocycles. The smallest absolute Gasteiger partial charge is 0.249 e. The number of hydrogen-bond acceptors (Lipinski definition) is 5. The number of ether oxygens (including phenoxy) is 1. The van der Waals surface area contributed by atoms with Gasteiger partial charge in [0.2, 0.25) is 17.7 Å². The fraction of sp³-hybridized carbons (Fsp3) is 0.261. The summed E-state index contributed by atoms with van der Waals surface area (Å²) in [6.07, 6.45) is 2.58. The Labute approximate surface area is 174 Å². The van der Waals surface area contributed by atoms with Gasteiger partial charge in [-0.05, 0) is 30.7 Å². The zero-order valence-electron chi connectivity index (χ0n) is 17.1. The molecule has 0 radical (unpaired) electrons. The average molecular weight is 404 g/mol. The van der Waals surface area contributed by atoms with Gasteiger partial charge < -0.3 is 19.0 Å². The van der Waals surface area contributed by atoms with E-state index in [1.165, 1.54) is 0 Å². The highest BCUT2D eigenvalue weighted by Gasteiger charge is 2.16. The van der Waals surface area contributed by atoms with Crippen LogP contribution in [0.15, 0.2) is 59.1 Å². The fourth-order valence-corrected chi connectivity index (χ4v) is 3.33. The number of hydrogen-bond donors (Lipinski definition) is 1. The van der Waals surface area contributed by atoms with Gasteiger partial charge in [0.1, 0.15) is 12.3 Å². The molecule has 0 saturated heterocycles. The minimum atomic E-state index is -0.0732. The van der Waals surface area contributed by atoms with Crippen LogP contribution < -0.4 is 10.1 Å². The highest BCUT2D eigenvalue weighted by Crippen LogP contribution is 2.29. The maximum absolute atomic E-state index is 12.6. The summed E-state index contributed by atoms with van der Waals surface area (Å²) in [7, 11) is 0. The number of fused-ring (bicyclic) bond motifs is 1. The minimum absolute atomic E-state index is 0.0732. The molecule has 7 heteroatoms. The van der Waals surface area contributed by atoms with Gasteiger partial charge in [0, 0.05) is 30.1 Å². The summed E-state index contributed by atoms with van der Waals surface area (Å²) in [5, 5.41) is 12.2. The summed E-state index contributed by atoms with van der Waals surface area (Å²) in [4.78, 5) is 12.6. The molecule has 0 aliphatic rings. The lowest BCUT2D eigenvalue weighted by atomic mass is 10.2. The van der Waals surface area contributed by atoms with Crippen LogP contribution in [0.25, 0.3) is 22.4 Å². The standard InChI is InChI=1S/C23H24N4O3/c1-3-22-25-26-23(30-22)19-14-27(20-8-6-5-7-18(19)20)15-21(28)24-13-16-9-11-17(12-10-16)29-4-2/h5-12,14H,3-4,13,15H2,1-2H3,(H,24,28). The van der Waals surface area contributed by atoms with Crippen LogP contribution in [0.5, 0.6) is 5.75 Å². The Kier molecular flexibility index (Phi) is 5.79. The van der Waals surface area contributed by atoms with Gasteiger partial charge in [-0.3, -0.25) is 4.79 Å². The average Bonchev–Trinajstić information content (AvgIpc) is 3.38. The molecule has 0 bridgehead atoms. The van der Waals surface area contributed by atoms with Gasteiger partial charge in [-0.15, -0.1) is 10.2 Å². The van der Waals surface area contributed by atoms with E-state index in [0.29, 0.717) is 31.4 Å². The monoisotopic (exact) mass is 404 g/mol. The van der Waals surface area contributed by atoms with Gasteiger partial charge in [0.15, 0.2) is 0 Å². The van der Waals surface area contributed by atoms with Gasteiger partial charge in [-0.2, -0.15) is 0 Å². The summed E-state index contributed by atoms with van der Waals surface area (Å²) in [5.41, 5.74) is 2.79. The number of rotatable bonds is 8. The van der Waals surface area contributed by atoms with Crippen LogP contribution in [-0.2, 0) is 24.3 Å². The van der Waals surface area contributed by atoms with E-state index in [-0.39, 0.29) is 12.5 Å². The third kappa shape index (κ3) is 4.20. The van der Waals surface area contributed by atoms with Crippen molar-refractivity contribution in [3.63, 3.8) is 0 Å². The van der Waals surface area contributed by atoms with Gasteiger partial charge in [-0.1, -0.05) is 37.3 Å². The highest BCUT2D eigenvalue weighted by atomic mass is 16.5. The second-order valence-electron chi connectivity index (χ2n) is 6.90. The molecule has 2 aromatic heterocycles. The predicted molar refractivity (Wildman–Crippen MR) is 114 cm³/mol. The number of aromatic nitrogens is 3. The fourth-order valence-electron chi connectivity index (χ4n) is 3.33. The Morgan fingerprint density at radius 1 is 1.10 bits per heavy atom. The third-order valence-electron chi connectivity index (χ3n) is 4.83. The summed E-state index contributed by atoms with van der Waals surface area (Å²) in [6.45, 7) is 5.21. The van der Waals surface area contributed by atoms with Crippen molar-refractivity contribution in [3.05, 3.63) is 66.2 Å². The first-order chi connectivity index (χ1) is 14.7. The first-order valence-electron chi connectivity index (χ1n) is 10.1. The number of para-hydroxylation sites is 1. The SMILES string of the molecule is CCOc1ccc(CNC(=O)Cn2cc(-c3nnc(CC)o3)c3ccccc32)cc1. The van der Waals surface area contributed by atoms with Crippen molar-refractivity contribution in [2.45, 2.75) is 33.4 Å². The summed E-state index contributed by atoms with van der Waals surface area (Å²) >= 11 is 0. The van der Waals surface area contributed by atoms with Crippen LogP contribution in [0, 0.1) is 0 Å². The Hall–Kier alpha value is -3.61. The molecule has 4 rings (SSSR count). The molecular weight excluding hydrogens is 380 g/mol. The largest absolute Gasteiger partial charge is 0.494 e. The second kappa shape index (κ2) is 8.82. The number of carbonyl (C=O) groups is 1. The normalized spacial score (nSPS) is 11.0. The van der Waals surface area contributed by atoms with Crippen molar-refractivity contribution in [1.29, 1.82) is 0 Å². The van der Waals surface area contributed by atoms with E-state index in [4.69, 9.17) is 9.15 Å². The van der Waals surface area contributed by atoms with E-state index < -0.39 is 0 Å². The van der Waals surface area contributed by atoms with Crippen molar-refractivity contribution >= 4 is 16.8 Å². The molecule has 0 fully saturated rings. The number of nitrogens with one attached hydrogen (secondary N) is 1. The molecule has 0 unspecified atom stereocenters. The molecule has 154 valence electrons. The first-order valence-corrected chi connectivity index (χ1v) is 10.1. The van der Waals surface area contributed by atoms with Crippen molar-refractivity contribution in [1.82, 2.24) is 20.1 Å². The zero-order chi connectivity index (χ0) is 20.9. The summed E-state index contributed by atoms with van der Waals surface area (Å²) < 4.78 is 13.1. The molecule has 30 heavy (non-hydrogen) atoms. The summed E-state index contributed by atoms with van der Waals surface area (Å²) in [6, 6.07) is 15.6. The summed E-state index contributed by atoms with van der Waals surface area (Å²) in [5.74, 6) is 1.81. The zero-order valence-corrected chi connectivity index (χ0v) is 17.1. The number of carbonyl (C=O) groups excluding carboxylic acids is 1. The number of benzene rings is 2. The van der Waals surface area contributed by atoms with E-state index in [1.807, 2.05) is 73.1 Å². The van der Waals surface area contributed by atoms with Crippen molar-refractivity contribution in [2.75, 3.05) is 6.61 Å². The van der Waals surface area contributed by atoms with Crippen LogP contribution in [0.3, 0.4) is 0 Å². The van der Waals surface area contributed by atoms with Crippen LogP contribution in [0.2, 0.25) is 0 Å². The van der Waals surface area contributed by atoms with E-state index >= 15 is 0 Å². The number of aryl methyl sites for hydroxylation is 1. The van der Waals surface area contributed by atoms with Crippen LogP contribution in [0.4, 0.5) is 0 Å². The van der Waals surface area contributed by atoms with Gasteiger partial charge >= 0.3 is 0 Å². The molecule has 7 nitrogen and oxygen atoms in total. The van der Waals surface area contributed by atoms with Crippen LogP contribution in [0.1, 0.15) is 25.3 Å². The minimum Gasteiger partial charge on any atom is -0.494 e. The molecule has 2 aromatic carbocycles. The van der Waals surface area contributed by atoms with E-state index in [2.05, 4.69) is 15.5 Å². The molecule has 0 spiro atoms. The van der Waals surface area contributed by atoms with E-state index in [1.54, 1.807) is 0 Å². The number of nitrogens with zero attached hydrogens (tertiary/aromatic N) is 3. The Bertz CT molecular complexity index is 1140. The first kappa shape index (κ1) is 19.7. The lowest BCUT2D eigenvalue weighted by molar-refractivity contribution is -0.121. The van der Waals surface area contributed by atoms with Gasteiger partial charge in [0.05, 0.1) is 12.2 Å². The maximum Gasteiger partial charge on any atom is 0.249 e. The lowest BCUT2D eigenvalue weighted by Crippen LogP contribution is -2.26. The van der Waals surface area contributed by atoms with Crippen LogP contribution in [-0.4, -0.2) is 27.3 Å². The molecule has 0 aliphatic carbocycles. The van der Waals surface area contributed by atoms with Crippen molar-refractivity contribution < 1.29 is 13.9 Å². The number of amides is 1.